The average molecular weight is 347 g/mol. The van der Waals surface area contributed by atoms with Gasteiger partial charge in [0.05, 0.1) is 12.7 Å². The van der Waals surface area contributed by atoms with Crippen LogP contribution in [0.25, 0.3) is 0 Å². The fourth-order valence-corrected chi connectivity index (χ4v) is 3.40. The highest BCUT2D eigenvalue weighted by molar-refractivity contribution is 5.81. The second-order valence-corrected chi connectivity index (χ2v) is 7.53. The lowest BCUT2D eigenvalue weighted by Crippen LogP contribution is -2.22. The first-order valence-electron chi connectivity index (χ1n) is 9.71. The molecular weight excluding hydrogens is 314 g/mol. The number of unbranched alkanes of at least 4 members (excludes halogenated alkanes) is 3. The fraction of sp³-hybridized carbons (Fsp3) is 0.667. The Kier molecular flexibility index (Phi) is 7.76. The lowest BCUT2D eigenvalue weighted by atomic mass is 9.90. The Morgan fingerprint density at radius 1 is 1.20 bits per heavy atom. The molecule has 25 heavy (non-hydrogen) atoms. The van der Waals surface area contributed by atoms with Crippen LogP contribution in [-0.2, 0) is 4.79 Å². The zero-order chi connectivity index (χ0) is 18.2. The molecule has 2 rings (SSSR count). The van der Waals surface area contributed by atoms with E-state index in [1.165, 1.54) is 19.3 Å². The molecule has 0 saturated carbocycles. The molecule has 0 aromatic heterocycles. The highest BCUT2D eigenvalue weighted by atomic mass is 16.5. The Morgan fingerprint density at radius 3 is 2.56 bits per heavy atom. The zero-order valence-corrected chi connectivity index (χ0v) is 15.8. The van der Waals surface area contributed by atoms with E-state index in [1.807, 2.05) is 38.1 Å². The van der Waals surface area contributed by atoms with E-state index >= 15 is 0 Å². The predicted molar refractivity (Wildman–Crippen MR) is 100 cm³/mol. The van der Waals surface area contributed by atoms with Crippen molar-refractivity contribution < 1.29 is 14.6 Å². The first-order chi connectivity index (χ1) is 12.0. The minimum absolute atomic E-state index is 0.0823. The Balaban J connectivity index is 1.83. The highest BCUT2D eigenvalue weighted by Gasteiger charge is 2.34. The molecule has 1 aromatic carbocycles. The van der Waals surface area contributed by atoms with Crippen molar-refractivity contribution in [1.29, 1.82) is 0 Å². The lowest BCUT2D eigenvalue weighted by Gasteiger charge is -2.18. The first kappa shape index (κ1) is 19.8. The molecule has 1 fully saturated rings. The molecule has 1 aliphatic rings. The second-order valence-electron chi connectivity index (χ2n) is 7.53. The number of rotatable bonds is 10. The number of aliphatic hydroxyl groups is 1. The van der Waals surface area contributed by atoms with E-state index in [1.54, 1.807) is 0 Å². The van der Waals surface area contributed by atoms with Gasteiger partial charge in [0.2, 0.25) is 5.91 Å². The van der Waals surface area contributed by atoms with Crippen molar-refractivity contribution in [2.75, 3.05) is 13.2 Å². The van der Waals surface area contributed by atoms with E-state index in [4.69, 9.17) is 4.74 Å². The lowest BCUT2D eigenvalue weighted by molar-refractivity contribution is -0.123. The van der Waals surface area contributed by atoms with E-state index in [-0.39, 0.29) is 23.7 Å². The molecule has 140 valence electrons. The molecule has 1 aromatic rings. The van der Waals surface area contributed by atoms with E-state index in [9.17, 15) is 9.90 Å². The van der Waals surface area contributed by atoms with Crippen molar-refractivity contribution in [3.05, 3.63) is 29.8 Å². The van der Waals surface area contributed by atoms with Crippen molar-refractivity contribution in [3.8, 4) is 5.75 Å². The zero-order valence-electron chi connectivity index (χ0n) is 15.8. The van der Waals surface area contributed by atoms with Crippen LogP contribution < -0.4 is 10.1 Å². The van der Waals surface area contributed by atoms with Crippen LogP contribution in [0.3, 0.4) is 0 Å². The molecule has 4 nitrogen and oxygen atoms in total. The predicted octanol–water partition coefficient (Wildman–Crippen LogP) is 4.09. The number of carbonyl (C=O) groups is 1. The summed E-state index contributed by atoms with van der Waals surface area (Å²) in [5, 5.41) is 13.1. The molecule has 1 saturated heterocycles. The van der Waals surface area contributed by atoms with Crippen LogP contribution in [0.2, 0.25) is 0 Å². The molecule has 0 bridgehead atoms. The van der Waals surface area contributed by atoms with Crippen LogP contribution in [0.1, 0.15) is 64.5 Å². The van der Waals surface area contributed by atoms with Gasteiger partial charge in [-0.25, -0.2) is 0 Å². The number of hydrogen-bond acceptors (Lipinski definition) is 3. The van der Waals surface area contributed by atoms with Gasteiger partial charge in [-0.2, -0.15) is 0 Å². The monoisotopic (exact) mass is 347 g/mol. The minimum atomic E-state index is -0.446. The summed E-state index contributed by atoms with van der Waals surface area (Å²) in [6.07, 6.45) is 5.28. The van der Waals surface area contributed by atoms with Crippen molar-refractivity contribution in [2.24, 2.45) is 17.8 Å². The normalized spacial score (nSPS) is 21.4. The summed E-state index contributed by atoms with van der Waals surface area (Å²) in [5.74, 6) is 1.49. The molecule has 1 heterocycles. The average Bonchev–Trinajstić information content (AvgIpc) is 2.96. The molecular formula is C21H33NO3. The maximum Gasteiger partial charge on any atom is 0.223 e. The van der Waals surface area contributed by atoms with Crippen LogP contribution in [0, 0.1) is 17.8 Å². The van der Waals surface area contributed by atoms with E-state index in [0.717, 1.165) is 24.2 Å². The second kappa shape index (κ2) is 9.81. The van der Waals surface area contributed by atoms with Gasteiger partial charge >= 0.3 is 0 Å². The van der Waals surface area contributed by atoms with Crippen LogP contribution in [0.15, 0.2) is 24.3 Å². The quantitative estimate of drug-likeness (QED) is 0.627. The summed E-state index contributed by atoms with van der Waals surface area (Å²) >= 11 is 0. The van der Waals surface area contributed by atoms with Gasteiger partial charge in [-0.3, -0.25) is 4.79 Å². The van der Waals surface area contributed by atoms with Gasteiger partial charge in [-0.15, -0.1) is 0 Å². The van der Waals surface area contributed by atoms with Gasteiger partial charge < -0.3 is 15.2 Å². The topological polar surface area (TPSA) is 58.6 Å². The third-order valence-electron chi connectivity index (χ3n) is 5.13. The van der Waals surface area contributed by atoms with Crippen molar-refractivity contribution >= 4 is 5.91 Å². The summed E-state index contributed by atoms with van der Waals surface area (Å²) in [4.78, 5) is 12.0. The Morgan fingerprint density at radius 2 is 1.92 bits per heavy atom. The van der Waals surface area contributed by atoms with E-state index < -0.39 is 6.10 Å². The standard InChI is InChI=1S/C21H33NO3/c1-4-5-6-7-8-19-17(13-22-21(19)24)14-25-18-11-9-16(10-12-18)20(23)15(2)3/h9-12,15,17,19-20,23H,4-8,13-14H2,1-3H3,(H,22,24)/t17-,19-,20?/m1/s1. The number of hydrogen-bond donors (Lipinski definition) is 2. The molecule has 4 heteroatoms. The maximum absolute atomic E-state index is 12.0. The van der Waals surface area contributed by atoms with Crippen LogP contribution in [0.5, 0.6) is 5.75 Å². The Labute approximate surface area is 152 Å². The van der Waals surface area contributed by atoms with Gasteiger partial charge in [0, 0.05) is 18.4 Å². The summed E-state index contributed by atoms with van der Waals surface area (Å²) < 4.78 is 5.92. The van der Waals surface area contributed by atoms with Gasteiger partial charge in [0.1, 0.15) is 5.75 Å². The number of nitrogens with one attached hydrogen (secondary N) is 1. The van der Waals surface area contributed by atoms with Crippen LogP contribution in [-0.4, -0.2) is 24.2 Å². The first-order valence-corrected chi connectivity index (χ1v) is 9.71. The van der Waals surface area contributed by atoms with Gasteiger partial charge in [-0.1, -0.05) is 58.6 Å². The van der Waals surface area contributed by atoms with Gasteiger partial charge in [0.25, 0.3) is 0 Å². The van der Waals surface area contributed by atoms with Crippen molar-refractivity contribution in [2.45, 2.75) is 59.0 Å². The van der Waals surface area contributed by atoms with E-state index in [0.29, 0.717) is 13.2 Å². The maximum atomic E-state index is 12.0. The summed E-state index contributed by atoms with van der Waals surface area (Å²) in [6, 6.07) is 7.64. The molecule has 1 unspecified atom stereocenters. The largest absolute Gasteiger partial charge is 0.493 e. The van der Waals surface area contributed by atoms with Crippen LogP contribution >= 0.6 is 0 Å². The number of benzene rings is 1. The third-order valence-corrected chi connectivity index (χ3v) is 5.13. The summed E-state index contributed by atoms with van der Waals surface area (Å²) in [6.45, 7) is 7.47. The van der Waals surface area contributed by atoms with E-state index in [2.05, 4.69) is 12.2 Å². The molecule has 0 radical (unpaired) electrons. The molecule has 0 aliphatic carbocycles. The summed E-state index contributed by atoms with van der Waals surface area (Å²) in [5.41, 5.74) is 0.911. The number of aliphatic hydroxyl groups excluding tert-OH is 1. The molecule has 2 N–H and O–H groups in total. The number of ether oxygens (including phenoxy) is 1. The molecule has 3 atom stereocenters. The molecule has 0 spiro atoms. The fourth-order valence-electron chi connectivity index (χ4n) is 3.40. The minimum Gasteiger partial charge on any atom is -0.493 e. The van der Waals surface area contributed by atoms with Crippen molar-refractivity contribution in [3.63, 3.8) is 0 Å². The van der Waals surface area contributed by atoms with Crippen LogP contribution in [0.4, 0.5) is 0 Å². The number of amides is 1. The highest BCUT2D eigenvalue weighted by Crippen LogP contribution is 2.27. The SMILES string of the molecule is CCCCCC[C@H]1C(=O)NC[C@@H]1COc1ccc(C(O)C(C)C)cc1. The van der Waals surface area contributed by atoms with Gasteiger partial charge in [0.15, 0.2) is 0 Å². The summed E-state index contributed by atoms with van der Waals surface area (Å²) in [7, 11) is 0. The number of carbonyl (C=O) groups excluding carboxylic acids is 1. The van der Waals surface area contributed by atoms with Crippen molar-refractivity contribution in [1.82, 2.24) is 5.32 Å². The van der Waals surface area contributed by atoms with Gasteiger partial charge in [-0.05, 0) is 30.0 Å². The molecule has 1 amide bonds. The molecule has 1 aliphatic heterocycles. The third kappa shape index (κ3) is 5.74. The Hall–Kier alpha value is -1.55. The smallest absolute Gasteiger partial charge is 0.223 e. The Bertz CT molecular complexity index is 526.